The summed E-state index contributed by atoms with van der Waals surface area (Å²) in [6, 6.07) is 0. The van der Waals surface area contributed by atoms with Crippen molar-refractivity contribution in [2.75, 3.05) is 0 Å². The SMILES string of the molecule is O=C([O-])C1C(C(=O)[O-])(C(=O)[O-])CCC1(C(=O)[O-])C(=O)[O-].[Na+].[Na+].[Na+].[Na+].[Na+]. The number of carboxylic acids is 5. The van der Waals surface area contributed by atoms with E-state index in [0.717, 1.165) is 0 Å². The van der Waals surface area contributed by atoms with Gasteiger partial charge in [-0.3, -0.25) is 0 Å². The van der Waals surface area contributed by atoms with E-state index in [1.807, 2.05) is 0 Å². The Labute approximate surface area is 252 Å². The van der Waals surface area contributed by atoms with E-state index in [-0.39, 0.29) is 148 Å². The van der Waals surface area contributed by atoms with Gasteiger partial charge in [0.05, 0.1) is 34.7 Å². The molecule has 1 saturated carbocycles. The van der Waals surface area contributed by atoms with Crippen molar-refractivity contribution in [2.45, 2.75) is 12.8 Å². The summed E-state index contributed by atoms with van der Waals surface area (Å²) in [5.41, 5.74) is -6.72. The van der Waals surface area contributed by atoms with Crippen molar-refractivity contribution in [3.63, 3.8) is 0 Å². The van der Waals surface area contributed by atoms with Gasteiger partial charge in [0.1, 0.15) is 0 Å². The number of hydrogen-bond donors (Lipinski definition) is 0. The maximum Gasteiger partial charge on any atom is 1.00 e. The fourth-order valence-corrected chi connectivity index (χ4v) is 2.55. The molecule has 25 heavy (non-hydrogen) atoms. The number of hydrogen-bond acceptors (Lipinski definition) is 10. The maximum absolute atomic E-state index is 11.0. The zero-order valence-electron chi connectivity index (χ0n) is 14.6. The van der Waals surface area contributed by atoms with Gasteiger partial charge in [-0.25, -0.2) is 0 Å². The molecule has 0 amide bonds. The number of carbonyl (C=O) groups excluding carboxylic acids is 5. The van der Waals surface area contributed by atoms with Crippen molar-refractivity contribution < 1.29 is 197 Å². The number of rotatable bonds is 5. The molecule has 1 aliphatic rings. The second-order valence-corrected chi connectivity index (χ2v) is 4.34. The summed E-state index contributed by atoms with van der Waals surface area (Å²) in [6.07, 6.45) is -2.31. The first-order chi connectivity index (χ1) is 9.05. The van der Waals surface area contributed by atoms with Gasteiger partial charge in [-0.05, 0) is 12.8 Å². The molecule has 0 heterocycles. The van der Waals surface area contributed by atoms with Crippen molar-refractivity contribution in [1.82, 2.24) is 0 Å². The Hall–Kier alpha value is 2.35. The fourth-order valence-electron chi connectivity index (χ4n) is 2.55. The van der Waals surface area contributed by atoms with E-state index >= 15 is 0 Å². The van der Waals surface area contributed by atoms with E-state index in [0.29, 0.717) is 0 Å². The average molecular weight is 400 g/mol. The van der Waals surface area contributed by atoms with Gasteiger partial charge in [0, 0.05) is 11.9 Å². The standard InChI is InChI=1S/C10H10O10.5Na/c11-4(12)3-9(5(13)14,6(15)16)1-2-10(3,7(17)18)8(19)20;;;;;/h3H,1-2H2,(H,11,12)(H,13,14)(H,15,16)(H,17,18)(H,19,20);;;;;/q;5*+1/p-5. The summed E-state index contributed by atoms with van der Waals surface area (Å²) < 4.78 is 0. The molecule has 0 radical (unpaired) electrons. The van der Waals surface area contributed by atoms with Gasteiger partial charge in [0.2, 0.25) is 0 Å². The van der Waals surface area contributed by atoms with Gasteiger partial charge < -0.3 is 49.5 Å². The summed E-state index contributed by atoms with van der Waals surface area (Å²) in [4.78, 5) is 54.8. The average Bonchev–Trinajstić information content (AvgIpc) is 2.66. The smallest absolute Gasteiger partial charge is 0.550 e. The van der Waals surface area contributed by atoms with Crippen LogP contribution in [0.25, 0.3) is 0 Å². The molecule has 0 spiro atoms. The van der Waals surface area contributed by atoms with E-state index in [1.165, 1.54) is 0 Å². The molecule has 0 saturated heterocycles. The Bertz CT molecular complexity index is 468. The van der Waals surface area contributed by atoms with Gasteiger partial charge >= 0.3 is 148 Å². The molecule has 0 atom stereocenters. The summed E-state index contributed by atoms with van der Waals surface area (Å²) in [5.74, 6) is -15.5. The van der Waals surface area contributed by atoms with Crippen LogP contribution in [-0.4, -0.2) is 29.8 Å². The molecule has 1 aliphatic carbocycles. The molecule has 1 fully saturated rings. The van der Waals surface area contributed by atoms with Crippen molar-refractivity contribution in [3.05, 3.63) is 0 Å². The molecule has 1 rings (SSSR count). The molecule has 110 valence electrons. The van der Waals surface area contributed by atoms with Crippen LogP contribution in [0.15, 0.2) is 0 Å². The second kappa shape index (κ2) is 14.4. The van der Waals surface area contributed by atoms with E-state index in [4.69, 9.17) is 0 Å². The number of aliphatic carboxylic acids is 5. The zero-order valence-corrected chi connectivity index (χ0v) is 24.6. The summed E-state index contributed by atoms with van der Waals surface area (Å²) in [5, 5.41) is 54.8. The van der Waals surface area contributed by atoms with Crippen LogP contribution in [0.4, 0.5) is 0 Å². The molecule has 0 N–H and O–H groups in total. The third kappa shape index (κ3) is 6.42. The van der Waals surface area contributed by atoms with Crippen molar-refractivity contribution in [2.24, 2.45) is 16.7 Å². The Morgan fingerprint density at radius 2 is 0.760 bits per heavy atom. The van der Waals surface area contributed by atoms with Crippen LogP contribution in [0.2, 0.25) is 0 Å². The molecular formula is C10H5Na5O10. The number of carboxylic acid groups (broad SMARTS) is 5. The predicted molar refractivity (Wildman–Crippen MR) is 42.6 cm³/mol. The van der Waals surface area contributed by atoms with E-state index in [9.17, 15) is 49.5 Å². The summed E-state index contributed by atoms with van der Waals surface area (Å²) >= 11 is 0. The van der Waals surface area contributed by atoms with E-state index in [1.54, 1.807) is 0 Å². The van der Waals surface area contributed by atoms with Gasteiger partial charge in [0.15, 0.2) is 0 Å². The molecule has 0 bridgehead atoms. The Balaban J connectivity index is -0.000000267. The Morgan fingerprint density at radius 3 is 0.880 bits per heavy atom. The van der Waals surface area contributed by atoms with Crippen LogP contribution in [-0.2, 0) is 24.0 Å². The first-order valence-corrected chi connectivity index (χ1v) is 5.11. The van der Waals surface area contributed by atoms with Crippen molar-refractivity contribution in [1.29, 1.82) is 0 Å². The third-order valence-corrected chi connectivity index (χ3v) is 3.59. The van der Waals surface area contributed by atoms with Crippen LogP contribution in [0.5, 0.6) is 0 Å². The maximum atomic E-state index is 11.0. The minimum Gasteiger partial charge on any atom is -0.550 e. The first-order valence-electron chi connectivity index (χ1n) is 5.11. The van der Waals surface area contributed by atoms with Gasteiger partial charge in [0.25, 0.3) is 0 Å². The number of carbonyl (C=O) groups is 5. The normalized spacial score (nSPS) is 16.2. The Morgan fingerprint density at radius 1 is 0.560 bits per heavy atom. The van der Waals surface area contributed by atoms with Crippen molar-refractivity contribution in [3.8, 4) is 0 Å². The van der Waals surface area contributed by atoms with Crippen molar-refractivity contribution >= 4 is 29.8 Å². The molecule has 15 heteroatoms. The molecule has 10 nitrogen and oxygen atoms in total. The van der Waals surface area contributed by atoms with Gasteiger partial charge in [-0.15, -0.1) is 0 Å². The van der Waals surface area contributed by atoms with Gasteiger partial charge in [-0.1, -0.05) is 0 Å². The van der Waals surface area contributed by atoms with Crippen LogP contribution in [0, 0.1) is 16.7 Å². The quantitative estimate of drug-likeness (QED) is 0.315. The monoisotopic (exact) mass is 400 g/mol. The largest absolute Gasteiger partial charge is 1.00 e. The first kappa shape index (κ1) is 38.0. The molecule has 0 aromatic heterocycles. The zero-order chi connectivity index (χ0) is 15.9. The minimum atomic E-state index is -3.36. The summed E-state index contributed by atoms with van der Waals surface area (Å²) in [7, 11) is 0. The van der Waals surface area contributed by atoms with Crippen LogP contribution in [0.3, 0.4) is 0 Å². The molecular weight excluding hydrogens is 395 g/mol. The third-order valence-electron chi connectivity index (χ3n) is 3.59. The van der Waals surface area contributed by atoms with E-state index in [2.05, 4.69) is 0 Å². The molecule has 0 aromatic rings. The topological polar surface area (TPSA) is 201 Å². The summed E-state index contributed by atoms with van der Waals surface area (Å²) in [6.45, 7) is 0. The van der Waals surface area contributed by atoms with Gasteiger partial charge in [-0.2, -0.15) is 0 Å². The van der Waals surface area contributed by atoms with Crippen LogP contribution < -0.4 is 173 Å². The molecule has 0 aliphatic heterocycles. The molecule has 0 aromatic carbocycles. The molecule has 0 unspecified atom stereocenters. The van der Waals surface area contributed by atoms with E-state index < -0.39 is 59.4 Å². The van der Waals surface area contributed by atoms with Crippen LogP contribution in [0.1, 0.15) is 12.8 Å². The Kier molecular flexibility index (Phi) is 21.8. The second-order valence-electron chi connectivity index (χ2n) is 4.34. The predicted octanol–water partition coefficient (Wildman–Crippen LogP) is -22.9. The fraction of sp³-hybridized carbons (Fsp3) is 0.500. The minimum absolute atomic E-state index is 0. The van der Waals surface area contributed by atoms with Crippen LogP contribution >= 0.6 is 0 Å².